The third-order valence-corrected chi connectivity index (χ3v) is 3.94. The van der Waals surface area contributed by atoms with E-state index >= 15 is 0 Å². The maximum atomic E-state index is 12.1. The Bertz CT molecular complexity index is 499. The summed E-state index contributed by atoms with van der Waals surface area (Å²) in [6.07, 6.45) is 6.00. The van der Waals surface area contributed by atoms with Crippen LogP contribution in [0.15, 0.2) is 18.5 Å². The number of rotatable bonds is 3. The Morgan fingerprint density at radius 2 is 2.05 bits per heavy atom. The van der Waals surface area contributed by atoms with E-state index in [0.29, 0.717) is 10.6 Å². The first-order valence-corrected chi connectivity index (χ1v) is 6.97. The van der Waals surface area contributed by atoms with Gasteiger partial charge in [-0.25, -0.2) is 0 Å². The number of esters is 1. The largest absolute Gasteiger partial charge is 0.469 e. The second kappa shape index (κ2) is 6.70. The fourth-order valence-electron chi connectivity index (χ4n) is 2.45. The molecular formula is C14H17ClN2O3. The minimum Gasteiger partial charge on any atom is -0.469 e. The van der Waals surface area contributed by atoms with Crippen LogP contribution in [0, 0.1) is 5.92 Å². The predicted octanol–water partition coefficient (Wildman–Crippen LogP) is 2.20. The van der Waals surface area contributed by atoms with Gasteiger partial charge in [0.25, 0.3) is 5.91 Å². The molecule has 6 heteroatoms. The van der Waals surface area contributed by atoms with Crippen LogP contribution in [0.4, 0.5) is 0 Å². The average Bonchev–Trinajstić information content (AvgIpc) is 2.47. The van der Waals surface area contributed by atoms with Crippen LogP contribution in [-0.2, 0) is 9.53 Å². The Hall–Kier alpha value is -1.62. The lowest BCUT2D eigenvalue weighted by atomic mass is 9.86. The maximum Gasteiger partial charge on any atom is 0.308 e. The SMILES string of the molecule is COC(=O)C1CCC(NC(=O)c2cnccc2Cl)CC1. The second-order valence-electron chi connectivity index (χ2n) is 4.90. The van der Waals surface area contributed by atoms with Crippen molar-refractivity contribution in [2.75, 3.05) is 7.11 Å². The molecule has 1 aliphatic carbocycles. The van der Waals surface area contributed by atoms with Gasteiger partial charge < -0.3 is 10.1 Å². The normalized spacial score (nSPS) is 22.1. The van der Waals surface area contributed by atoms with Crippen molar-refractivity contribution in [1.29, 1.82) is 0 Å². The number of carbonyl (C=O) groups is 2. The number of carbonyl (C=O) groups excluding carboxylic acids is 2. The Labute approximate surface area is 122 Å². The molecule has 0 saturated heterocycles. The number of methoxy groups -OCH3 is 1. The highest BCUT2D eigenvalue weighted by Crippen LogP contribution is 2.25. The van der Waals surface area contributed by atoms with Crippen molar-refractivity contribution >= 4 is 23.5 Å². The number of hydrogen-bond donors (Lipinski definition) is 1. The smallest absolute Gasteiger partial charge is 0.308 e. The molecule has 1 saturated carbocycles. The van der Waals surface area contributed by atoms with Crippen LogP contribution in [-0.4, -0.2) is 30.0 Å². The van der Waals surface area contributed by atoms with Gasteiger partial charge in [-0.3, -0.25) is 14.6 Å². The summed E-state index contributed by atoms with van der Waals surface area (Å²) in [5.74, 6) is -0.426. The van der Waals surface area contributed by atoms with Gasteiger partial charge >= 0.3 is 5.97 Å². The number of hydrogen-bond acceptors (Lipinski definition) is 4. The Balaban J connectivity index is 1.88. The number of nitrogens with one attached hydrogen (secondary N) is 1. The van der Waals surface area contributed by atoms with E-state index in [0.717, 1.165) is 25.7 Å². The number of amides is 1. The summed E-state index contributed by atoms with van der Waals surface area (Å²) in [7, 11) is 1.40. The van der Waals surface area contributed by atoms with Crippen LogP contribution in [0.3, 0.4) is 0 Å². The molecule has 1 aromatic rings. The van der Waals surface area contributed by atoms with Crippen LogP contribution < -0.4 is 5.32 Å². The van der Waals surface area contributed by atoms with Gasteiger partial charge in [0.2, 0.25) is 0 Å². The van der Waals surface area contributed by atoms with Crippen LogP contribution in [0.25, 0.3) is 0 Å². The zero-order valence-corrected chi connectivity index (χ0v) is 12.0. The van der Waals surface area contributed by atoms with E-state index < -0.39 is 0 Å². The molecule has 5 nitrogen and oxygen atoms in total. The highest BCUT2D eigenvalue weighted by molar-refractivity contribution is 6.33. The number of pyridine rings is 1. The summed E-state index contributed by atoms with van der Waals surface area (Å²) in [5, 5.41) is 3.33. The quantitative estimate of drug-likeness (QED) is 0.868. The predicted molar refractivity (Wildman–Crippen MR) is 74.5 cm³/mol. The van der Waals surface area contributed by atoms with Crippen molar-refractivity contribution in [3.63, 3.8) is 0 Å². The van der Waals surface area contributed by atoms with E-state index in [2.05, 4.69) is 10.3 Å². The molecule has 0 radical (unpaired) electrons. The van der Waals surface area contributed by atoms with E-state index in [-0.39, 0.29) is 23.8 Å². The van der Waals surface area contributed by atoms with Crippen molar-refractivity contribution in [2.24, 2.45) is 5.92 Å². The topological polar surface area (TPSA) is 68.3 Å². The molecule has 0 bridgehead atoms. The van der Waals surface area contributed by atoms with Gasteiger partial charge in [-0.2, -0.15) is 0 Å². The summed E-state index contributed by atoms with van der Waals surface area (Å²) in [6.45, 7) is 0. The molecule has 20 heavy (non-hydrogen) atoms. The summed E-state index contributed by atoms with van der Waals surface area (Å²) in [5.41, 5.74) is 0.379. The first-order valence-electron chi connectivity index (χ1n) is 6.60. The van der Waals surface area contributed by atoms with Crippen LogP contribution in [0.5, 0.6) is 0 Å². The van der Waals surface area contributed by atoms with E-state index in [1.165, 1.54) is 13.3 Å². The summed E-state index contributed by atoms with van der Waals surface area (Å²) in [4.78, 5) is 27.4. The van der Waals surface area contributed by atoms with Gasteiger partial charge in [0, 0.05) is 18.4 Å². The monoisotopic (exact) mass is 296 g/mol. The average molecular weight is 297 g/mol. The van der Waals surface area contributed by atoms with Gasteiger partial charge in [-0.05, 0) is 31.7 Å². The van der Waals surface area contributed by atoms with Gasteiger partial charge in [0.1, 0.15) is 0 Å². The number of ether oxygens (including phenoxy) is 1. The summed E-state index contributed by atoms with van der Waals surface area (Å²) >= 11 is 5.96. The van der Waals surface area contributed by atoms with Gasteiger partial charge in [-0.1, -0.05) is 11.6 Å². The van der Waals surface area contributed by atoms with Gasteiger partial charge in [0.15, 0.2) is 0 Å². The van der Waals surface area contributed by atoms with Gasteiger partial charge in [-0.15, -0.1) is 0 Å². The Morgan fingerprint density at radius 1 is 1.35 bits per heavy atom. The molecule has 0 spiro atoms. The molecule has 1 heterocycles. The lowest BCUT2D eigenvalue weighted by Gasteiger charge is -2.27. The van der Waals surface area contributed by atoms with Crippen molar-refractivity contribution < 1.29 is 14.3 Å². The molecular weight excluding hydrogens is 280 g/mol. The van der Waals surface area contributed by atoms with Crippen molar-refractivity contribution in [3.05, 3.63) is 29.0 Å². The molecule has 1 aliphatic rings. The molecule has 0 aliphatic heterocycles. The third-order valence-electron chi connectivity index (χ3n) is 3.61. The molecule has 0 atom stereocenters. The maximum absolute atomic E-state index is 12.1. The van der Waals surface area contributed by atoms with Gasteiger partial charge in [0.05, 0.1) is 23.6 Å². The molecule has 0 aromatic carbocycles. The third kappa shape index (κ3) is 3.48. The molecule has 1 amide bonds. The molecule has 0 unspecified atom stereocenters. The van der Waals surface area contributed by atoms with E-state index in [1.54, 1.807) is 12.3 Å². The van der Waals surface area contributed by atoms with Crippen molar-refractivity contribution in [2.45, 2.75) is 31.7 Å². The van der Waals surface area contributed by atoms with Crippen LogP contribution in [0.2, 0.25) is 5.02 Å². The minimum atomic E-state index is -0.218. The minimum absolute atomic E-state index is 0.0462. The van der Waals surface area contributed by atoms with Crippen molar-refractivity contribution in [1.82, 2.24) is 10.3 Å². The number of aromatic nitrogens is 1. The fourth-order valence-corrected chi connectivity index (χ4v) is 2.64. The van der Waals surface area contributed by atoms with E-state index in [9.17, 15) is 9.59 Å². The fraction of sp³-hybridized carbons (Fsp3) is 0.500. The van der Waals surface area contributed by atoms with Crippen LogP contribution >= 0.6 is 11.6 Å². The highest BCUT2D eigenvalue weighted by Gasteiger charge is 2.28. The standard InChI is InChI=1S/C14H17ClN2O3/c1-20-14(19)9-2-4-10(5-3-9)17-13(18)11-8-16-7-6-12(11)15/h6-10H,2-5H2,1H3,(H,17,18). The number of halogens is 1. The molecule has 2 rings (SSSR count). The van der Waals surface area contributed by atoms with Crippen LogP contribution in [0.1, 0.15) is 36.0 Å². The molecule has 1 fully saturated rings. The Morgan fingerprint density at radius 3 is 2.65 bits per heavy atom. The van der Waals surface area contributed by atoms with E-state index in [4.69, 9.17) is 16.3 Å². The molecule has 1 N–H and O–H groups in total. The molecule has 108 valence electrons. The van der Waals surface area contributed by atoms with Crippen molar-refractivity contribution in [3.8, 4) is 0 Å². The first-order chi connectivity index (χ1) is 9.61. The summed E-state index contributed by atoms with van der Waals surface area (Å²) in [6, 6.07) is 1.66. The lowest BCUT2D eigenvalue weighted by molar-refractivity contribution is -0.146. The Kier molecular flexibility index (Phi) is 4.95. The highest BCUT2D eigenvalue weighted by atomic mass is 35.5. The zero-order valence-electron chi connectivity index (χ0n) is 11.3. The number of nitrogens with zero attached hydrogens (tertiary/aromatic N) is 1. The second-order valence-corrected chi connectivity index (χ2v) is 5.31. The lowest BCUT2D eigenvalue weighted by Crippen LogP contribution is -2.39. The summed E-state index contributed by atoms with van der Waals surface area (Å²) < 4.78 is 4.74. The zero-order chi connectivity index (χ0) is 14.5. The first kappa shape index (κ1) is 14.8. The van der Waals surface area contributed by atoms with E-state index in [1.807, 2.05) is 0 Å². The molecule has 1 aromatic heterocycles.